The maximum atomic E-state index is 11.6. The van der Waals surface area contributed by atoms with Crippen molar-refractivity contribution in [3.8, 4) is 11.3 Å². The molecule has 5 heteroatoms. The molecule has 0 atom stereocenters. The van der Waals surface area contributed by atoms with Crippen LogP contribution in [-0.2, 0) is 4.74 Å². The summed E-state index contributed by atoms with van der Waals surface area (Å²) in [5, 5.41) is 3.80. The number of hydrogen-bond donors (Lipinski definition) is 1. The van der Waals surface area contributed by atoms with E-state index in [1.165, 1.54) is 6.26 Å². The van der Waals surface area contributed by atoms with Gasteiger partial charge in [-0.3, -0.25) is 0 Å². The second-order valence-corrected chi connectivity index (χ2v) is 3.42. The number of aromatic nitrogens is 1. The van der Waals surface area contributed by atoms with Gasteiger partial charge >= 0.3 is 5.97 Å². The molecule has 0 spiro atoms. The van der Waals surface area contributed by atoms with Gasteiger partial charge in [0.1, 0.15) is 17.5 Å². The monoisotopic (exact) mass is 232 g/mol. The molecule has 0 radical (unpaired) electrons. The van der Waals surface area contributed by atoms with Crippen LogP contribution in [0, 0.1) is 0 Å². The van der Waals surface area contributed by atoms with Gasteiger partial charge in [0.15, 0.2) is 0 Å². The highest BCUT2D eigenvalue weighted by atomic mass is 16.5. The van der Waals surface area contributed by atoms with Crippen molar-refractivity contribution >= 4 is 11.7 Å². The summed E-state index contributed by atoms with van der Waals surface area (Å²) in [6.07, 6.45) is 1.28. The minimum absolute atomic E-state index is 0.311. The van der Waals surface area contributed by atoms with Crippen LogP contribution in [0.1, 0.15) is 17.3 Å². The molecule has 0 aliphatic heterocycles. The van der Waals surface area contributed by atoms with Gasteiger partial charge < -0.3 is 15.0 Å². The lowest BCUT2D eigenvalue weighted by Crippen LogP contribution is -2.04. The molecule has 0 bridgehead atoms. The van der Waals surface area contributed by atoms with Gasteiger partial charge in [-0.1, -0.05) is 17.3 Å². The van der Waals surface area contributed by atoms with Crippen molar-refractivity contribution in [1.82, 2.24) is 5.16 Å². The first-order valence-electron chi connectivity index (χ1n) is 5.19. The maximum Gasteiger partial charge on any atom is 0.343 e. The lowest BCUT2D eigenvalue weighted by atomic mass is 10.1. The van der Waals surface area contributed by atoms with E-state index >= 15 is 0 Å². The Hall–Kier alpha value is -2.30. The molecule has 0 amide bonds. The molecule has 2 aromatic rings. The number of anilines is 1. The van der Waals surface area contributed by atoms with Gasteiger partial charge in [0, 0.05) is 11.3 Å². The number of esters is 1. The van der Waals surface area contributed by atoms with Crippen molar-refractivity contribution in [2.75, 3.05) is 12.3 Å². The van der Waals surface area contributed by atoms with Crippen LogP contribution in [0.5, 0.6) is 0 Å². The second kappa shape index (κ2) is 4.69. The zero-order valence-electron chi connectivity index (χ0n) is 9.34. The zero-order chi connectivity index (χ0) is 12.3. The summed E-state index contributed by atoms with van der Waals surface area (Å²) in [6.45, 7) is 2.06. The zero-order valence-corrected chi connectivity index (χ0v) is 9.34. The second-order valence-electron chi connectivity index (χ2n) is 3.42. The van der Waals surface area contributed by atoms with Crippen LogP contribution in [0.4, 0.5) is 5.69 Å². The first-order chi connectivity index (χ1) is 8.22. The SMILES string of the molecule is CCOC(=O)c1conc1-c1ccc(N)cc1. The third kappa shape index (κ3) is 2.28. The van der Waals surface area contributed by atoms with Crippen LogP contribution in [0.25, 0.3) is 11.3 Å². The van der Waals surface area contributed by atoms with Crippen molar-refractivity contribution in [2.45, 2.75) is 6.92 Å². The van der Waals surface area contributed by atoms with Gasteiger partial charge in [-0.05, 0) is 19.1 Å². The molecule has 1 heterocycles. The van der Waals surface area contributed by atoms with E-state index in [1.807, 2.05) is 0 Å². The number of hydrogen-bond acceptors (Lipinski definition) is 5. The summed E-state index contributed by atoms with van der Waals surface area (Å²) in [5.41, 5.74) is 7.78. The Bertz CT molecular complexity index is 517. The average molecular weight is 232 g/mol. The number of nitrogens with zero attached hydrogens (tertiary/aromatic N) is 1. The Morgan fingerprint density at radius 3 is 2.76 bits per heavy atom. The third-order valence-electron chi connectivity index (χ3n) is 2.25. The molecule has 88 valence electrons. The standard InChI is InChI=1S/C12H12N2O3/c1-2-16-12(15)10-7-17-14-11(10)8-3-5-9(13)6-4-8/h3-7H,2,13H2,1H3. The smallest absolute Gasteiger partial charge is 0.343 e. The van der Waals surface area contributed by atoms with Gasteiger partial charge in [0.25, 0.3) is 0 Å². The highest BCUT2D eigenvalue weighted by Crippen LogP contribution is 2.23. The molecule has 2 rings (SSSR count). The first kappa shape index (κ1) is 11.2. The predicted molar refractivity (Wildman–Crippen MR) is 62.3 cm³/mol. The predicted octanol–water partition coefficient (Wildman–Crippen LogP) is 2.10. The largest absolute Gasteiger partial charge is 0.462 e. The number of carbonyl (C=O) groups is 1. The van der Waals surface area contributed by atoms with Crippen molar-refractivity contribution < 1.29 is 14.1 Å². The van der Waals surface area contributed by atoms with Crippen LogP contribution in [0.3, 0.4) is 0 Å². The summed E-state index contributed by atoms with van der Waals surface area (Å²) in [4.78, 5) is 11.6. The summed E-state index contributed by atoms with van der Waals surface area (Å²) in [5.74, 6) is -0.444. The molecule has 0 saturated heterocycles. The number of ether oxygens (including phenoxy) is 1. The van der Waals surface area contributed by atoms with E-state index in [0.717, 1.165) is 5.56 Å². The van der Waals surface area contributed by atoms with E-state index in [0.29, 0.717) is 23.6 Å². The highest BCUT2D eigenvalue weighted by molar-refractivity contribution is 5.95. The Morgan fingerprint density at radius 2 is 2.12 bits per heavy atom. The molecular formula is C12H12N2O3. The molecular weight excluding hydrogens is 220 g/mol. The van der Waals surface area contributed by atoms with Crippen LogP contribution in [0.15, 0.2) is 35.1 Å². The Labute approximate surface area is 98.2 Å². The molecule has 1 aromatic heterocycles. The molecule has 0 aliphatic carbocycles. The van der Waals surface area contributed by atoms with Crippen LogP contribution in [0.2, 0.25) is 0 Å². The van der Waals surface area contributed by atoms with Crippen molar-refractivity contribution in [3.63, 3.8) is 0 Å². The molecule has 0 fully saturated rings. The number of rotatable bonds is 3. The van der Waals surface area contributed by atoms with Crippen molar-refractivity contribution in [2.24, 2.45) is 0 Å². The van der Waals surface area contributed by atoms with Gasteiger partial charge in [-0.25, -0.2) is 4.79 Å². The van der Waals surface area contributed by atoms with E-state index in [2.05, 4.69) is 5.16 Å². The molecule has 1 aromatic carbocycles. The van der Waals surface area contributed by atoms with Crippen LogP contribution in [-0.4, -0.2) is 17.7 Å². The molecule has 0 saturated carbocycles. The van der Waals surface area contributed by atoms with E-state index in [9.17, 15) is 4.79 Å². The van der Waals surface area contributed by atoms with Crippen LogP contribution < -0.4 is 5.73 Å². The van der Waals surface area contributed by atoms with Gasteiger partial charge in [0.05, 0.1) is 6.61 Å². The molecule has 17 heavy (non-hydrogen) atoms. The van der Waals surface area contributed by atoms with Gasteiger partial charge in [0.2, 0.25) is 0 Å². The minimum atomic E-state index is -0.444. The van der Waals surface area contributed by atoms with Crippen LogP contribution >= 0.6 is 0 Å². The topological polar surface area (TPSA) is 78.3 Å². The summed E-state index contributed by atoms with van der Waals surface area (Å²) < 4.78 is 9.72. The number of benzene rings is 1. The normalized spacial score (nSPS) is 10.2. The average Bonchev–Trinajstić information content (AvgIpc) is 2.79. The van der Waals surface area contributed by atoms with Gasteiger partial charge in [-0.2, -0.15) is 0 Å². The first-order valence-corrected chi connectivity index (χ1v) is 5.19. The Balaban J connectivity index is 2.36. The van der Waals surface area contributed by atoms with E-state index < -0.39 is 5.97 Å². The molecule has 0 unspecified atom stereocenters. The highest BCUT2D eigenvalue weighted by Gasteiger charge is 2.18. The fourth-order valence-electron chi connectivity index (χ4n) is 1.44. The summed E-state index contributed by atoms with van der Waals surface area (Å²) in [6, 6.07) is 7.02. The molecule has 0 aliphatic rings. The Morgan fingerprint density at radius 1 is 1.41 bits per heavy atom. The van der Waals surface area contributed by atoms with E-state index in [4.69, 9.17) is 15.0 Å². The quantitative estimate of drug-likeness (QED) is 0.647. The summed E-state index contributed by atoms with van der Waals surface area (Å²) in [7, 11) is 0. The fourth-order valence-corrected chi connectivity index (χ4v) is 1.44. The number of nitrogens with two attached hydrogens (primary N) is 1. The number of nitrogen functional groups attached to an aromatic ring is 1. The van der Waals surface area contributed by atoms with Crippen molar-refractivity contribution in [1.29, 1.82) is 0 Å². The fraction of sp³-hybridized carbons (Fsp3) is 0.167. The number of carbonyl (C=O) groups excluding carboxylic acids is 1. The lowest BCUT2D eigenvalue weighted by molar-refractivity contribution is 0.0526. The summed E-state index contributed by atoms with van der Waals surface area (Å²) >= 11 is 0. The molecule has 2 N–H and O–H groups in total. The maximum absolute atomic E-state index is 11.6. The van der Waals surface area contributed by atoms with E-state index in [-0.39, 0.29) is 0 Å². The van der Waals surface area contributed by atoms with Gasteiger partial charge in [-0.15, -0.1) is 0 Å². The molecule has 5 nitrogen and oxygen atoms in total. The Kier molecular flexibility index (Phi) is 3.09. The third-order valence-corrected chi connectivity index (χ3v) is 2.25. The van der Waals surface area contributed by atoms with Crippen molar-refractivity contribution in [3.05, 3.63) is 36.1 Å². The van der Waals surface area contributed by atoms with E-state index in [1.54, 1.807) is 31.2 Å². The minimum Gasteiger partial charge on any atom is -0.462 e. The lowest BCUT2D eigenvalue weighted by Gasteiger charge is -2.01.